The lowest BCUT2D eigenvalue weighted by Gasteiger charge is -2.12. The van der Waals surface area contributed by atoms with Gasteiger partial charge in [0.15, 0.2) is 5.78 Å². The number of benzene rings is 2. The average Bonchev–Trinajstić information content (AvgIpc) is 2.82. The Morgan fingerprint density at radius 1 is 0.844 bits per heavy atom. The van der Waals surface area contributed by atoms with Crippen LogP contribution in [-0.4, -0.2) is 47.3 Å². The number of carbonyl (C=O) groups excluding carboxylic acids is 2. The van der Waals surface area contributed by atoms with Gasteiger partial charge in [0.25, 0.3) is 0 Å². The molecule has 0 saturated carbocycles. The molecule has 0 radical (unpaired) electrons. The summed E-state index contributed by atoms with van der Waals surface area (Å²) in [5.41, 5.74) is 2.01. The van der Waals surface area contributed by atoms with E-state index in [1.807, 2.05) is 0 Å². The van der Waals surface area contributed by atoms with Crippen molar-refractivity contribution in [1.82, 2.24) is 0 Å². The highest BCUT2D eigenvalue weighted by Gasteiger charge is 2.12. The van der Waals surface area contributed by atoms with Crippen molar-refractivity contribution in [3.05, 3.63) is 59.8 Å². The van der Waals surface area contributed by atoms with Crippen molar-refractivity contribution in [1.29, 1.82) is 0 Å². The first-order valence-electron chi connectivity index (χ1n) is 9.64. The zero-order valence-corrected chi connectivity index (χ0v) is 18.8. The third-order valence-corrected chi connectivity index (χ3v) is 4.49. The van der Waals surface area contributed by atoms with Gasteiger partial charge in [-0.05, 0) is 29.8 Å². The summed E-state index contributed by atoms with van der Waals surface area (Å²) in [6.07, 6.45) is 5.98. The lowest BCUT2D eigenvalue weighted by molar-refractivity contribution is -0.134. The topological polar surface area (TPSA) is 92.3 Å². The second-order valence-electron chi connectivity index (χ2n) is 6.46. The molecule has 2 aromatic carbocycles. The monoisotopic (exact) mass is 441 g/mol. The Balaban J connectivity index is 2.19. The molecule has 0 atom stereocenters. The van der Waals surface area contributed by atoms with Gasteiger partial charge in [-0.1, -0.05) is 6.07 Å². The van der Waals surface area contributed by atoms with Gasteiger partial charge in [-0.25, -0.2) is 4.79 Å². The maximum atomic E-state index is 12.6. The molecule has 8 heteroatoms. The molecule has 0 bridgehead atoms. The van der Waals surface area contributed by atoms with Crippen molar-refractivity contribution in [2.24, 2.45) is 0 Å². The van der Waals surface area contributed by atoms with Crippen molar-refractivity contribution < 1.29 is 33.3 Å². The lowest BCUT2D eigenvalue weighted by Crippen LogP contribution is -2.02. The largest absolute Gasteiger partial charge is 0.496 e. The fourth-order valence-electron chi connectivity index (χ4n) is 2.88. The molecule has 2 aromatic rings. The van der Waals surface area contributed by atoms with Crippen LogP contribution < -0.4 is 24.3 Å². The Bertz CT molecular complexity index is 986. The molecule has 2 rings (SSSR count). The molecule has 170 valence electrons. The van der Waals surface area contributed by atoms with Crippen LogP contribution >= 0.6 is 0 Å². The summed E-state index contributed by atoms with van der Waals surface area (Å²) in [6.45, 7) is 0. The zero-order chi connectivity index (χ0) is 23.5. The van der Waals surface area contributed by atoms with E-state index in [4.69, 9.17) is 18.9 Å². The van der Waals surface area contributed by atoms with Crippen LogP contribution in [0.2, 0.25) is 0 Å². The van der Waals surface area contributed by atoms with Gasteiger partial charge in [0.2, 0.25) is 0 Å². The lowest BCUT2D eigenvalue weighted by atomic mass is 10.1. The van der Waals surface area contributed by atoms with Crippen LogP contribution in [0.5, 0.6) is 23.0 Å². The van der Waals surface area contributed by atoms with Crippen LogP contribution in [-0.2, 0) is 20.7 Å². The number of esters is 1. The molecule has 0 saturated heterocycles. The predicted octanol–water partition coefficient (Wildman–Crippen LogP) is 3.64. The zero-order valence-electron chi connectivity index (χ0n) is 18.8. The van der Waals surface area contributed by atoms with Crippen LogP contribution in [0.1, 0.15) is 11.1 Å². The first-order valence-corrected chi connectivity index (χ1v) is 9.64. The highest BCUT2D eigenvalue weighted by Crippen LogP contribution is 2.35. The van der Waals surface area contributed by atoms with Crippen LogP contribution in [0.15, 0.2) is 48.7 Å². The van der Waals surface area contributed by atoms with Gasteiger partial charge in [0, 0.05) is 30.8 Å². The molecule has 0 heterocycles. The summed E-state index contributed by atoms with van der Waals surface area (Å²) in [4.78, 5) is 23.8. The normalized spacial score (nSPS) is 10.8. The fourth-order valence-corrected chi connectivity index (χ4v) is 2.88. The Morgan fingerprint density at radius 3 is 2.06 bits per heavy atom. The summed E-state index contributed by atoms with van der Waals surface area (Å²) >= 11 is 0. The van der Waals surface area contributed by atoms with Crippen molar-refractivity contribution in [3.63, 3.8) is 0 Å². The van der Waals surface area contributed by atoms with Gasteiger partial charge < -0.3 is 29.0 Å². The molecular formula is C24H27NO7. The SMILES string of the molecule is COC(=O)/C=C/Nc1cc(CC(=O)/C=C/c2c(OC)cc(OC)cc2OC)ccc1OC. The molecule has 0 aliphatic carbocycles. The molecular weight excluding hydrogens is 414 g/mol. The number of ketones is 1. The minimum Gasteiger partial charge on any atom is -0.496 e. The fraction of sp³-hybridized carbons (Fsp3) is 0.250. The summed E-state index contributed by atoms with van der Waals surface area (Å²) in [5.74, 6) is 1.60. The van der Waals surface area contributed by atoms with Crippen molar-refractivity contribution in [2.45, 2.75) is 6.42 Å². The van der Waals surface area contributed by atoms with Gasteiger partial charge in [-0.15, -0.1) is 0 Å². The van der Waals surface area contributed by atoms with Crippen molar-refractivity contribution in [3.8, 4) is 23.0 Å². The number of allylic oxidation sites excluding steroid dienone is 1. The molecule has 0 aliphatic heterocycles. The van der Waals surface area contributed by atoms with E-state index in [1.54, 1.807) is 43.5 Å². The number of hydrogen-bond acceptors (Lipinski definition) is 8. The maximum absolute atomic E-state index is 12.6. The first-order chi connectivity index (χ1) is 15.4. The Morgan fingerprint density at radius 2 is 1.50 bits per heavy atom. The van der Waals surface area contributed by atoms with Crippen LogP contribution in [0.25, 0.3) is 6.08 Å². The third kappa shape index (κ3) is 6.53. The van der Waals surface area contributed by atoms with Gasteiger partial charge in [-0.2, -0.15) is 0 Å². The Labute approximate surface area is 187 Å². The first kappa shape index (κ1) is 24.3. The molecule has 0 spiro atoms. The number of ether oxygens (including phenoxy) is 5. The van der Waals surface area contributed by atoms with E-state index in [2.05, 4.69) is 10.1 Å². The average molecular weight is 441 g/mol. The van der Waals surface area contributed by atoms with Crippen LogP contribution in [0.4, 0.5) is 5.69 Å². The Hall–Kier alpha value is -3.94. The van der Waals surface area contributed by atoms with E-state index in [0.29, 0.717) is 34.2 Å². The summed E-state index contributed by atoms with van der Waals surface area (Å²) in [6, 6.07) is 8.76. The van der Waals surface area contributed by atoms with Gasteiger partial charge in [0.05, 0.1) is 46.8 Å². The molecule has 32 heavy (non-hydrogen) atoms. The Kier molecular flexibility index (Phi) is 9.16. The van der Waals surface area contributed by atoms with Crippen molar-refractivity contribution >= 4 is 23.5 Å². The third-order valence-electron chi connectivity index (χ3n) is 4.49. The number of nitrogens with one attached hydrogen (secondary N) is 1. The van der Waals surface area contributed by atoms with Gasteiger partial charge >= 0.3 is 5.97 Å². The number of methoxy groups -OCH3 is 5. The molecule has 1 N–H and O–H groups in total. The van der Waals surface area contributed by atoms with E-state index >= 15 is 0 Å². The quantitative estimate of drug-likeness (QED) is 0.417. The summed E-state index contributed by atoms with van der Waals surface area (Å²) in [7, 11) is 7.45. The number of carbonyl (C=O) groups is 2. The maximum Gasteiger partial charge on any atom is 0.331 e. The summed E-state index contributed by atoms with van der Waals surface area (Å²) < 4.78 is 25.9. The predicted molar refractivity (Wildman–Crippen MR) is 122 cm³/mol. The van der Waals surface area contributed by atoms with Crippen LogP contribution in [0.3, 0.4) is 0 Å². The molecule has 8 nitrogen and oxygen atoms in total. The molecule has 0 aliphatic rings. The molecule has 0 fully saturated rings. The molecule has 0 amide bonds. The number of anilines is 1. The smallest absolute Gasteiger partial charge is 0.331 e. The summed E-state index contributed by atoms with van der Waals surface area (Å²) in [5, 5.41) is 2.96. The molecule has 0 aromatic heterocycles. The highest BCUT2D eigenvalue weighted by molar-refractivity contribution is 5.96. The highest BCUT2D eigenvalue weighted by atomic mass is 16.5. The van der Waals surface area contributed by atoms with E-state index in [0.717, 1.165) is 5.56 Å². The van der Waals surface area contributed by atoms with E-state index in [-0.39, 0.29) is 12.2 Å². The minimum absolute atomic E-state index is 0.119. The second kappa shape index (κ2) is 12.0. The van der Waals surface area contributed by atoms with Crippen molar-refractivity contribution in [2.75, 3.05) is 40.9 Å². The van der Waals surface area contributed by atoms with Gasteiger partial charge in [0.1, 0.15) is 23.0 Å². The molecule has 0 unspecified atom stereocenters. The number of rotatable bonds is 11. The van der Waals surface area contributed by atoms with E-state index < -0.39 is 5.97 Å². The van der Waals surface area contributed by atoms with E-state index in [9.17, 15) is 9.59 Å². The van der Waals surface area contributed by atoms with Crippen LogP contribution in [0, 0.1) is 0 Å². The standard InChI is InChI=1S/C24H27NO7/c1-28-18-14-22(30-3)19(23(15-18)31-4)8-7-17(26)12-16-6-9-21(29-2)20(13-16)25-11-10-24(27)32-5/h6-11,13-15,25H,12H2,1-5H3/b8-7+,11-10+. The second-order valence-corrected chi connectivity index (χ2v) is 6.46. The minimum atomic E-state index is -0.489. The van der Waals surface area contributed by atoms with Gasteiger partial charge in [-0.3, -0.25) is 4.79 Å². The van der Waals surface area contributed by atoms with E-state index in [1.165, 1.54) is 46.8 Å². The number of hydrogen-bond donors (Lipinski definition) is 1.